The van der Waals surface area contributed by atoms with Crippen molar-refractivity contribution in [2.75, 3.05) is 11.1 Å². The highest BCUT2D eigenvalue weighted by molar-refractivity contribution is 5.49. The van der Waals surface area contributed by atoms with Crippen LogP contribution in [0.25, 0.3) is 0 Å². The van der Waals surface area contributed by atoms with Crippen LogP contribution in [0, 0.1) is 0 Å². The molecule has 3 nitrogen and oxygen atoms in total. The highest BCUT2D eigenvalue weighted by Crippen LogP contribution is 2.32. The van der Waals surface area contributed by atoms with Gasteiger partial charge in [-0.1, -0.05) is 18.2 Å². The zero-order chi connectivity index (χ0) is 13.9. The lowest BCUT2D eigenvalue weighted by Gasteiger charge is -2.13. The summed E-state index contributed by atoms with van der Waals surface area (Å²) in [6.07, 6.45) is -2.87. The minimum Gasteiger partial charge on any atom is -0.399 e. The van der Waals surface area contributed by atoms with Crippen LogP contribution in [-0.2, 0) is 12.7 Å². The fourth-order valence-electron chi connectivity index (χ4n) is 1.68. The Morgan fingerprint density at radius 2 is 1.89 bits per heavy atom. The molecule has 2 rings (SSSR count). The van der Waals surface area contributed by atoms with Gasteiger partial charge in [-0.3, -0.25) is 0 Å². The molecule has 0 saturated heterocycles. The van der Waals surface area contributed by atoms with Gasteiger partial charge >= 0.3 is 6.18 Å². The largest absolute Gasteiger partial charge is 0.416 e. The average Bonchev–Trinajstić information content (AvgIpc) is 2.36. The zero-order valence-electron chi connectivity index (χ0n) is 9.91. The van der Waals surface area contributed by atoms with Crippen LogP contribution in [0.15, 0.2) is 42.6 Å². The molecule has 0 fully saturated rings. The van der Waals surface area contributed by atoms with Crippen molar-refractivity contribution in [2.24, 2.45) is 0 Å². The van der Waals surface area contributed by atoms with E-state index in [-0.39, 0.29) is 12.1 Å². The van der Waals surface area contributed by atoms with Crippen molar-refractivity contribution in [1.82, 2.24) is 4.98 Å². The second-order valence-electron chi connectivity index (χ2n) is 3.98. The number of alkyl halides is 3. The van der Waals surface area contributed by atoms with Crippen molar-refractivity contribution < 1.29 is 13.2 Å². The van der Waals surface area contributed by atoms with Gasteiger partial charge in [0.25, 0.3) is 0 Å². The van der Waals surface area contributed by atoms with Gasteiger partial charge in [-0.05, 0) is 17.7 Å². The maximum absolute atomic E-state index is 12.8. The topological polar surface area (TPSA) is 50.9 Å². The molecule has 0 aliphatic heterocycles. The van der Waals surface area contributed by atoms with Crippen LogP contribution in [0.3, 0.4) is 0 Å². The van der Waals surface area contributed by atoms with Gasteiger partial charge in [0.05, 0.1) is 5.56 Å². The molecule has 0 bridgehead atoms. The second-order valence-corrected chi connectivity index (χ2v) is 3.98. The predicted molar refractivity (Wildman–Crippen MR) is 67.4 cm³/mol. The molecular weight excluding hydrogens is 255 g/mol. The maximum Gasteiger partial charge on any atom is 0.416 e. The molecule has 19 heavy (non-hydrogen) atoms. The van der Waals surface area contributed by atoms with E-state index >= 15 is 0 Å². The van der Waals surface area contributed by atoms with E-state index < -0.39 is 11.7 Å². The van der Waals surface area contributed by atoms with Crippen LogP contribution >= 0.6 is 0 Å². The Bertz CT molecular complexity index is 567. The molecule has 1 aromatic carbocycles. The number of hydrogen-bond donors (Lipinski definition) is 2. The van der Waals surface area contributed by atoms with Crippen LogP contribution in [0.5, 0.6) is 0 Å². The quantitative estimate of drug-likeness (QED) is 0.897. The molecule has 100 valence electrons. The number of pyridine rings is 1. The van der Waals surface area contributed by atoms with E-state index in [0.29, 0.717) is 11.5 Å². The van der Waals surface area contributed by atoms with Crippen molar-refractivity contribution in [3.05, 3.63) is 53.7 Å². The highest BCUT2D eigenvalue weighted by Gasteiger charge is 2.32. The number of rotatable bonds is 3. The van der Waals surface area contributed by atoms with Gasteiger partial charge in [0.2, 0.25) is 0 Å². The zero-order valence-corrected chi connectivity index (χ0v) is 9.91. The van der Waals surface area contributed by atoms with E-state index in [4.69, 9.17) is 5.73 Å². The molecule has 0 spiro atoms. The van der Waals surface area contributed by atoms with Crippen molar-refractivity contribution in [1.29, 1.82) is 0 Å². The van der Waals surface area contributed by atoms with E-state index in [9.17, 15) is 13.2 Å². The normalized spacial score (nSPS) is 11.3. The van der Waals surface area contributed by atoms with Gasteiger partial charge in [-0.15, -0.1) is 0 Å². The Morgan fingerprint density at radius 3 is 2.58 bits per heavy atom. The second kappa shape index (κ2) is 5.17. The number of anilines is 2. The number of halogens is 3. The first kappa shape index (κ1) is 13.2. The first-order chi connectivity index (χ1) is 8.97. The molecule has 6 heteroatoms. The molecule has 0 unspecified atom stereocenters. The first-order valence-electron chi connectivity index (χ1n) is 5.57. The van der Waals surface area contributed by atoms with E-state index in [0.717, 1.165) is 6.07 Å². The Kier molecular flexibility index (Phi) is 3.59. The molecule has 1 aromatic heterocycles. The predicted octanol–water partition coefficient (Wildman–Crippen LogP) is 3.29. The average molecular weight is 267 g/mol. The monoisotopic (exact) mass is 267 g/mol. The van der Waals surface area contributed by atoms with Gasteiger partial charge in [-0.2, -0.15) is 13.2 Å². The summed E-state index contributed by atoms with van der Waals surface area (Å²) in [5.41, 5.74) is 5.59. The number of nitrogen functional groups attached to an aromatic ring is 1. The minimum absolute atomic E-state index is 0.0339. The van der Waals surface area contributed by atoms with E-state index in [1.807, 2.05) is 0 Å². The van der Waals surface area contributed by atoms with Crippen molar-refractivity contribution in [3.63, 3.8) is 0 Å². The Hall–Kier alpha value is -2.24. The first-order valence-corrected chi connectivity index (χ1v) is 5.57. The lowest BCUT2D eigenvalue weighted by Crippen LogP contribution is -2.12. The number of nitrogens with one attached hydrogen (secondary N) is 1. The van der Waals surface area contributed by atoms with Gasteiger partial charge < -0.3 is 11.1 Å². The molecule has 0 aliphatic carbocycles. The van der Waals surface area contributed by atoms with Crippen LogP contribution in [0.2, 0.25) is 0 Å². The molecule has 2 aromatic rings. The SMILES string of the molecule is Nc1ccnc(NCc2ccccc2C(F)(F)F)c1. The fraction of sp³-hybridized carbons (Fsp3) is 0.154. The number of aromatic nitrogens is 1. The molecule has 0 amide bonds. The van der Waals surface area contributed by atoms with Crippen LogP contribution in [0.4, 0.5) is 24.7 Å². The summed E-state index contributed by atoms with van der Waals surface area (Å²) in [4.78, 5) is 3.97. The Labute approximate surface area is 108 Å². The fourth-order valence-corrected chi connectivity index (χ4v) is 1.68. The summed E-state index contributed by atoms with van der Waals surface area (Å²) in [5.74, 6) is 0.442. The summed E-state index contributed by atoms with van der Waals surface area (Å²) < 4.78 is 38.3. The summed E-state index contributed by atoms with van der Waals surface area (Å²) in [5, 5.41) is 2.82. The molecule has 0 aliphatic rings. The van der Waals surface area contributed by atoms with Crippen LogP contribution < -0.4 is 11.1 Å². The smallest absolute Gasteiger partial charge is 0.399 e. The van der Waals surface area contributed by atoms with Gasteiger partial charge in [0.15, 0.2) is 0 Å². The van der Waals surface area contributed by atoms with E-state index in [1.54, 1.807) is 18.2 Å². The summed E-state index contributed by atoms with van der Waals surface area (Å²) in [6, 6.07) is 8.60. The van der Waals surface area contributed by atoms with Gasteiger partial charge in [0, 0.05) is 24.5 Å². The third-order valence-corrected chi connectivity index (χ3v) is 2.57. The molecule has 0 atom stereocenters. The summed E-state index contributed by atoms with van der Waals surface area (Å²) in [7, 11) is 0. The third kappa shape index (κ3) is 3.37. The summed E-state index contributed by atoms with van der Waals surface area (Å²) >= 11 is 0. The maximum atomic E-state index is 12.8. The van der Waals surface area contributed by atoms with Gasteiger partial charge in [0.1, 0.15) is 5.82 Å². The van der Waals surface area contributed by atoms with Crippen molar-refractivity contribution in [2.45, 2.75) is 12.7 Å². The lowest BCUT2D eigenvalue weighted by molar-refractivity contribution is -0.138. The van der Waals surface area contributed by atoms with Crippen LogP contribution in [0.1, 0.15) is 11.1 Å². The summed E-state index contributed by atoms with van der Waals surface area (Å²) in [6.45, 7) is 0.0339. The number of benzene rings is 1. The third-order valence-electron chi connectivity index (χ3n) is 2.57. The van der Waals surface area contributed by atoms with E-state index in [2.05, 4.69) is 10.3 Å². The van der Waals surface area contributed by atoms with E-state index in [1.165, 1.54) is 18.3 Å². The van der Waals surface area contributed by atoms with Crippen molar-refractivity contribution >= 4 is 11.5 Å². The Morgan fingerprint density at radius 1 is 1.16 bits per heavy atom. The number of nitrogens with zero attached hydrogens (tertiary/aromatic N) is 1. The minimum atomic E-state index is -4.36. The molecule has 1 heterocycles. The number of nitrogens with two attached hydrogens (primary N) is 1. The van der Waals surface area contributed by atoms with Crippen LogP contribution in [-0.4, -0.2) is 4.98 Å². The number of hydrogen-bond acceptors (Lipinski definition) is 3. The lowest BCUT2D eigenvalue weighted by atomic mass is 10.1. The molecule has 3 N–H and O–H groups in total. The molecule has 0 radical (unpaired) electrons. The highest BCUT2D eigenvalue weighted by atomic mass is 19.4. The van der Waals surface area contributed by atoms with Crippen molar-refractivity contribution in [3.8, 4) is 0 Å². The standard InChI is InChI=1S/C13H12F3N3/c14-13(15,16)11-4-2-1-3-9(11)8-19-12-7-10(17)5-6-18-12/h1-7H,8H2,(H3,17,18,19). The molecule has 0 saturated carbocycles. The van der Waals surface area contributed by atoms with Gasteiger partial charge in [-0.25, -0.2) is 4.98 Å². The molecular formula is C13H12F3N3. The Balaban J connectivity index is 2.16.